The smallest absolute Gasteiger partial charge is 0.204 e. The molecule has 0 atom stereocenters. The van der Waals surface area contributed by atoms with Gasteiger partial charge in [0.2, 0.25) is 5.43 Å². The minimum atomic E-state index is -0.254. The maximum atomic E-state index is 12.7. The van der Waals surface area contributed by atoms with Crippen molar-refractivity contribution in [3.63, 3.8) is 0 Å². The zero-order chi connectivity index (χ0) is 19.1. The van der Waals surface area contributed by atoms with Crippen molar-refractivity contribution in [1.29, 1.82) is 0 Å². The number of ether oxygens (including phenoxy) is 1. The molecule has 0 saturated heterocycles. The molecule has 0 bridgehead atoms. The fraction of sp³-hybridized carbons (Fsp3) is 0.0417. The van der Waals surface area contributed by atoms with Gasteiger partial charge in [-0.15, -0.1) is 0 Å². The average molecular weight is 368 g/mol. The molecule has 5 rings (SSSR count). The lowest BCUT2D eigenvalue weighted by Crippen LogP contribution is -2.03. The van der Waals surface area contributed by atoms with Crippen LogP contribution in [-0.2, 0) is 6.61 Å². The molecule has 5 aromatic rings. The van der Waals surface area contributed by atoms with Crippen molar-refractivity contribution in [3.05, 3.63) is 94.6 Å². The van der Waals surface area contributed by atoms with E-state index in [0.29, 0.717) is 28.9 Å². The largest absolute Gasteiger partial charge is 0.507 e. The highest BCUT2D eigenvalue weighted by atomic mass is 16.5. The van der Waals surface area contributed by atoms with Gasteiger partial charge in [-0.25, -0.2) is 0 Å². The second-order valence-electron chi connectivity index (χ2n) is 6.71. The van der Waals surface area contributed by atoms with E-state index in [9.17, 15) is 9.90 Å². The molecule has 0 aliphatic rings. The molecular formula is C24H16O4. The first-order chi connectivity index (χ1) is 13.7. The summed E-state index contributed by atoms with van der Waals surface area (Å²) in [4.78, 5) is 12.7. The molecular weight excluding hydrogens is 352 g/mol. The van der Waals surface area contributed by atoms with Gasteiger partial charge >= 0.3 is 0 Å². The molecule has 0 aliphatic carbocycles. The summed E-state index contributed by atoms with van der Waals surface area (Å²) in [6.45, 7) is 0.341. The Morgan fingerprint density at radius 3 is 2.50 bits per heavy atom. The van der Waals surface area contributed by atoms with Crippen LogP contribution in [0.3, 0.4) is 0 Å². The molecule has 4 heteroatoms. The van der Waals surface area contributed by atoms with Gasteiger partial charge in [0.25, 0.3) is 0 Å². The molecule has 4 aromatic carbocycles. The topological polar surface area (TPSA) is 59.7 Å². The predicted molar refractivity (Wildman–Crippen MR) is 110 cm³/mol. The molecule has 1 heterocycles. The minimum Gasteiger partial charge on any atom is -0.507 e. The van der Waals surface area contributed by atoms with E-state index in [2.05, 4.69) is 24.3 Å². The van der Waals surface area contributed by atoms with Crippen LogP contribution in [0.5, 0.6) is 11.5 Å². The average Bonchev–Trinajstić information content (AvgIpc) is 2.72. The van der Waals surface area contributed by atoms with E-state index in [1.54, 1.807) is 30.3 Å². The molecule has 0 unspecified atom stereocenters. The Morgan fingerprint density at radius 1 is 0.821 bits per heavy atom. The van der Waals surface area contributed by atoms with Crippen molar-refractivity contribution in [3.8, 4) is 11.5 Å². The van der Waals surface area contributed by atoms with Crippen molar-refractivity contribution in [1.82, 2.24) is 0 Å². The number of aromatic hydroxyl groups is 1. The highest BCUT2D eigenvalue weighted by molar-refractivity contribution is 5.93. The van der Waals surface area contributed by atoms with Gasteiger partial charge in [-0.3, -0.25) is 4.79 Å². The van der Waals surface area contributed by atoms with Crippen molar-refractivity contribution in [2.45, 2.75) is 6.61 Å². The van der Waals surface area contributed by atoms with Crippen LogP contribution in [0.15, 0.2) is 88.1 Å². The maximum absolute atomic E-state index is 12.7. The van der Waals surface area contributed by atoms with Gasteiger partial charge in [-0.2, -0.15) is 0 Å². The molecule has 0 fully saturated rings. The molecule has 0 saturated carbocycles. The van der Waals surface area contributed by atoms with E-state index in [1.807, 2.05) is 18.2 Å². The lowest BCUT2D eigenvalue weighted by atomic mass is 10.1. The van der Waals surface area contributed by atoms with Gasteiger partial charge in [0.15, 0.2) is 0 Å². The summed E-state index contributed by atoms with van der Waals surface area (Å²) >= 11 is 0. The number of phenols is 1. The van der Waals surface area contributed by atoms with Crippen LogP contribution >= 0.6 is 0 Å². The summed E-state index contributed by atoms with van der Waals surface area (Å²) in [7, 11) is 0. The number of benzene rings is 4. The van der Waals surface area contributed by atoms with Crippen LogP contribution in [-0.4, -0.2) is 5.11 Å². The van der Waals surface area contributed by atoms with Crippen LogP contribution in [0, 0.1) is 0 Å². The molecule has 0 radical (unpaired) electrons. The lowest BCUT2D eigenvalue weighted by molar-refractivity contribution is 0.304. The highest BCUT2D eigenvalue weighted by Gasteiger charge is 2.13. The molecule has 0 amide bonds. The number of phenolic OH excluding ortho intramolecular Hbond substituents is 1. The number of rotatable bonds is 3. The van der Waals surface area contributed by atoms with E-state index < -0.39 is 0 Å². The Bertz CT molecular complexity index is 1400. The summed E-state index contributed by atoms with van der Waals surface area (Å²) in [6, 6.07) is 24.3. The van der Waals surface area contributed by atoms with Crippen LogP contribution in [0.1, 0.15) is 5.56 Å². The van der Waals surface area contributed by atoms with Crippen LogP contribution in [0.4, 0.5) is 0 Å². The normalized spacial score (nSPS) is 11.3. The summed E-state index contributed by atoms with van der Waals surface area (Å²) < 4.78 is 11.7. The van der Waals surface area contributed by atoms with Crippen LogP contribution in [0.2, 0.25) is 0 Å². The first-order valence-corrected chi connectivity index (χ1v) is 8.98. The first-order valence-electron chi connectivity index (χ1n) is 8.98. The van der Waals surface area contributed by atoms with E-state index >= 15 is 0 Å². The number of hydrogen-bond acceptors (Lipinski definition) is 4. The maximum Gasteiger partial charge on any atom is 0.204 e. The van der Waals surface area contributed by atoms with Gasteiger partial charge in [0.05, 0.1) is 5.39 Å². The Kier molecular flexibility index (Phi) is 3.76. The third-order valence-corrected chi connectivity index (χ3v) is 4.85. The van der Waals surface area contributed by atoms with E-state index in [0.717, 1.165) is 10.9 Å². The SMILES string of the molecule is O=c1c2ccccc2oc2cc(OCc3ccc4ccccc4c3)cc(O)c12. The van der Waals surface area contributed by atoms with Crippen molar-refractivity contribution < 1.29 is 14.3 Å². The Balaban J connectivity index is 1.52. The minimum absolute atomic E-state index is 0.148. The Labute approximate surface area is 160 Å². The lowest BCUT2D eigenvalue weighted by Gasteiger charge is -2.10. The number of hydrogen-bond donors (Lipinski definition) is 1. The van der Waals surface area contributed by atoms with E-state index in [-0.39, 0.29) is 16.6 Å². The van der Waals surface area contributed by atoms with Crippen molar-refractivity contribution in [2.24, 2.45) is 0 Å². The summed E-state index contributed by atoms with van der Waals surface area (Å²) in [5.74, 6) is 0.294. The van der Waals surface area contributed by atoms with E-state index in [1.165, 1.54) is 11.5 Å². The molecule has 136 valence electrons. The standard InChI is InChI=1S/C24H16O4/c25-20-12-18(27-14-15-9-10-16-5-1-2-6-17(16)11-15)13-22-23(20)24(26)19-7-3-4-8-21(19)28-22/h1-13,25H,14H2. The Hall–Kier alpha value is -3.79. The van der Waals surface area contributed by atoms with Crippen molar-refractivity contribution >= 4 is 32.7 Å². The highest BCUT2D eigenvalue weighted by Crippen LogP contribution is 2.31. The zero-order valence-electron chi connectivity index (χ0n) is 14.9. The summed E-state index contributed by atoms with van der Waals surface area (Å²) in [5.41, 5.74) is 1.54. The van der Waals surface area contributed by atoms with Gasteiger partial charge in [0.1, 0.15) is 34.7 Å². The summed E-state index contributed by atoms with van der Waals surface area (Å²) in [6.07, 6.45) is 0. The molecule has 4 nitrogen and oxygen atoms in total. The van der Waals surface area contributed by atoms with E-state index in [4.69, 9.17) is 9.15 Å². The third kappa shape index (κ3) is 2.76. The molecule has 28 heavy (non-hydrogen) atoms. The van der Waals surface area contributed by atoms with Gasteiger partial charge in [0, 0.05) is 12.1 Å². The molecule has 0 aliphatic heterocycles. The second kappa shape index (κ2) is 6.43. The summed E-state index contributed by atoms with van der Waals surface area (Å²) in [5, 5.41) is 13.3. The van der Waals surface area contributed by atoms with Crippen LogP contribution < -0.4 is 10.2 Å². The first kappa shape index (κ1) is 16.4. The van der Waals surface area contributed by atoms with Gasteiger partial charge < -0.3 is 14.3 Å². The number of fused-ring (bicyclic) bond motifs is 3. The number of para-hydroxylation sites is 1. The molecule has 1 N–H and O–H groups in total. The second-order valence-corrected chi connectivity index (χ2v) is 6.71. The molecule has 1 aromatic heterocycles. The van der Waals surface area contributed by atoms with Crippen LogP contribution in [0.25, 0.3) is 32.7 Å². The zero-order valence-corrected chi connectivity index (χ0v) is 14.9. The van der Waals surface area contributed by atoms with Crippen molar-refractivity contribution in [2.75, 3.05) is 0 Å². The fourth-order valence-corrected chi connectivity index (χ4v) is 3.46. The Morgan fingerprint density at radius 2 is 1.61 bits per heavy atom. The quantitative estimate of drug-likeness (QED) is 0.434. The monoisotopic (exact) mass is 368 g/mol. The predicted octanol–water partition coefficient (Wildman–Crippen LogP) is 5.38. The molecule has 0 spiro atoms. The van der Waals surface area contributed by atoms with Gasteiger partial charge in [-0.1, -0.05) is 48.5 Å². The van der Waals surface area contributed by atoms with Gasteiger partial charge in [-0.05, 0) is 34.5 Å². The fourth-order valence-electron chi connectivity index (χ4n) is 3.46. The third-order valence-electron chi connectivity index (χ3n) is 4.85.